The Kier molecular flexibility index (Phi) is 12.4. The van der Waals surface area contributed by atoms with E-state index in [1.54, 1.807) is 18.3 Å². The number of likely N-dealkylation sites (tertiary alicyclic amines) is 2. The molecule has 7 atom stereocenters. The van der Waals surface area contributed by atoms with E-state index in [1.807, 2.05) is 18.3 Å². The van der Waals surface area contributed by atoms with Crippen molar-refractivity contribution in [3.05, 3.63) is 82.5 Å². The fraction of sp³-hybridized carbons (Fsp3) is 0.574. The highest BCUT2D eigenvalue weighted by Crippen LogP contribution is 2.53. The van der Waals surface area contributed by atoms with Gasteiger partial charge in [0.25, 0.3) is 5.91 Å². The quantitative estimate of drug-likeness (QED) is 0.176. The van der Waals surface area contributed by atoms with Crippen molar-refractivity contribution in [2.45, 2.75) is 108 Å². The lowest BCUT2D eigenvalue weighted by Gasteiger charge is -2.59. The molecule has 2 N–H and O–H groups in total. The summed E-state index contributed by atoms with van der Waals surface area (Å²) in [6, 6.07) is 11.3. The molecule has 9 heterocycles. The summed E-state index contributed by atoms with van der Waals surface area (Å²) in [5.41, 5.74) is 10.5. The number of hydrazine groups is 1. The third-order valence-electron chi connectivity index (χ3n) is 17.0. The second kappa shape index (κ2) is 18.6. The highest BCUT2D eigenvalue weighted by atomic mass is 32.1. The molecule has 380 valence electrons. The Morgan fingerprint density at radius 2 is 1.85 bits per heavy atom. The summed E-state index contributed by atoms with van der Waals surface area (Å²) in [6.07, 6.45) is 9.01. The SMILES string of the molecule is CO[C@@H](C)c1ncccc1-c1c2c3cc(ccc3n1C1CN(C3CC3)C1)-c1csc(n1)[C@@H](N1CC3(COCCN3C)C1)[C@H](NC(=O)[C@@H]1[C@@H](C)[C@H]1c1ccncn1)C(=O)N1CCC[C@H](N1)C(=O)OCC(C)(C)C2. The predicted octanol–water partition coefficient (Wildman–Crippen LogP) is 5.56. The van der Waals surface area contributed by atoms with Gasteiger partial charge in [0, 0.05) is 115 Å². The number of cyclic esters (lactones) is 1. The second-order valence-corrected chi connectivity index (χ2v) is 23.4. The first kappa shape index (κ1) is 47.8. The van der Waals surface area contributed by atoms with Gasteiger partial charge < -0.3 is 24.1 Å². The number of thiazole rings is 1. The maximum Gasteiger partial charge on any atom is 0.324 e. The Bertz CT molecular complexity index is 2880. The molecule has 4 aromatic heterocycles. The smallest absolute Gasteiger partial charge is 0.324 e. The highest BCUT2D eigenvalue weighted by Gasteiger charge is 2.57. The summed E-state index contributed by atoms with van der Waals surface area (Å²) < 4.78 is 20.9. The van der Waals surface area contributed by atoms with E-state index in [9.17, 15) is 9.59 Å². The predicted molar refractivity (Wildman–Crippen MR) is 271 cm³/mol. The van der Waals surface area contributed by atoms with E-state index in [2.05, 4.69) is 104 Å². The summed E-state index contributed by atoms with van der Waals surface area (Å²) in [5.74, 6) is -1.41. The molecule has 0 radical (unpaired) electrons. The Morgan fingerprint density at radius 1 is 1.01 bits per heavy atom. The zero-order valence-corrected chi connectivity index (χ0v) is 43.1. The van der Waals surface area contributed by atoms with Crippen LogP contribution in [0.3, 0.4) is 0 Å². The number of nitrogens with zero attached hydrogens (tertiary/aromatic N) is 9. The van der Waals surface area contributed by atoms with Crippen molar-refractivity contribution >= 4 is 40.0 Å². The molecule has 2 amide bonds. The average Bonchev–Trinajstić information content (AvgIpc) is 4.25. The number of esters is 1. The molecular formula is C54H67N11O6S. The Labute approximate surface area is 425 Å². The normalized spacial score (nSPS) is 28.5. The Morgan fingerprint density at radius 3 is 2.61 bits per heavy atom. The van der Waals surface area contributed by atoms with Crippen LogP contribution in [0.1, 0.15) is 99.4 Å². The van der Waals surface area contributed by atoms with Crippen LogP contribution < -0.4 is 10.7 Å². The molecule has 0 unspecified atom stereocenters. The number of fused-ring (bicyclic) bond motifs is 6. The van der Waals surface area contributed by atoms with Crippen LogP contribution in [-0.2, 0) is 35.0 Å². The van der Waals surface area contributed by atoms with Gasteiger partial charge in [-0.2, -0.15) is 0 Å². The van der Waals surface area contributed by atoms with Gasteiger partial charge in [0.15, 0.2) is 0 Å². The summed E-state index contributed by atoms with van der Waals surface area (Å²) in [5, 5.41) is 8.82. The van der Waals surface area contributed by atoms with Crippen molar-refractivity contribution in [2.75, 3.05) is 73.2 Å². The maximum atomic E-state index is 15.5. The Balaban J connectivity index is 1.00. The molecule has 72 heavy (non-hydrogen) atoms. The number of likely N-dealkylation sites (N-methyl/N-ethyl adjacent to an activating group) is 1. The second-order valence-electron chi connectivity index (χ2n) is 22.5. The topological polar surface area (TPSA) is 172 Å². The van der Waals surface area contributed by atoms with Gasteiger partial charge in [0.05, 0.1) is 60.6 Å². The van der Waals surface area contributed by atoms with Crippen LogP contribution in [0, 0.1) is 17.3 Å². The first-order valence-corrected chi connectivity index (χ1v) is 26.9. The van der Waals surface area contributed by atoms with Crippen molar-refractivity contribution in [3.63, 3.8) is 0 Å². The van der Waals surface area contributed by atoms with Gasteiger partial charge in [0.1, 0.15) is 23.4 Å². The number of aromatic nitrogens is 5. The first-order valence-electron chi connectivity index (χ1n) is 26.0. The molecule has 7 aliphatic rings. The molecule has 1 spiro atoms. The summed E-state index contributed by atoms with van der Waals surface area (Å²) in [4.78, 5) is 70.9. The van der Waals surface area contributed by atoms with Gasteiger partial charge in [-0.3, -0.25) is 39.1 Å². The lowest BCUT2D eigenvalue weighted by molar-refractivity contribution is -0.161. The van der Waals surface area contributed by atoms with Gasteiger partial charge in [-0.15, -0.1) is 11.3 Å². The monoisotopic (exact) mass is 997 g/mol. The largest absolute Gasteiger partial charge is 0.464 e. The number of morpholine rings is 1. The third-order valence-corrected chi connectivity index (χ3v) is 17.9. The van der Waals surface area contributed by atoms with E-state index >= 15 is 4.79 Å². The number of ether oxygens (including phenoxy) is 3. The van der Waals surface area contributed by atoms with Crippen LogP contribution in [0.4, 0.5) is 0 Å². The van der Waals surface area contributed by atoms with Crippen molar-refractivity contribution in [1.82, 2.24) is 55.0 Å². The fourth-order valence-corrected chi connectivity index (χ4v) is 13.5. The molecule has 5 aromatic rings. The van der Waals surface area contributed by atoms with E-state index in [4.69, 9.17) is 24.2 Å². The molecule has 2 saturated carbocycles. The molecule has 18 heteroatoms. The number of benzene rings is 1. The minimum atomic E-state index is -1.05. The molecule has 17 nitrogen and oxygen atoms in total. The number of carbonyl (C=O) groups excluding carboxylic acids is 3. The minimum Gasteiger partial charge on any atom is -0.464 e. The van der Waals surface area contributed by atoms with Crippen LogP contribution in [0.15, 0.2) is 60.5 Å². The van der Waals surface area contributed by atoms with Gasteiger partial charge in [-0.05, 0) is 87.9 Å². The standard InChI is InChI=1S/C54H67N11O6S/c1-31-43(39-15-17-55-30-57-39)44(31)49(66)59-46-48(63-26-54(27-63)29-70-20-19-61(54)5)50-58-41(25-72-50)33-11-14-42-37(21-33)38(22-53(3,4)28-71-52(68)40-10-8-18-64(60-40)51(46)67)47(36-9-7-16-56-45(36)32(2)69-6)65(42)35-23-62(24-35)34-12-13-34/h7,9,11,14-17,21,25,30-32,34-35,40,43-44,46,48,60H,8,10,12-13,18-20,22-24,26-29H2,1-6H3,(H,59,66)/t31-,32-,40-,43-,44+,46-,48-/m0/s1. The molecule has 12 rings (SSSR count). The van der Waals surface area contributed by atoms with Gasteiger partial charge in [-0.25, -0.2) is 20.4 Å². The number of hydrogen-bond acceptors (Lipinski definition) is 15. The van der Waals surface area contributed by atoms with Crippen molar-refractivity contribution in [1.29, 1.82) is 0 Å². The summed E-state index contributed by atoms with van der Waals surface area (Å²) in [7, 11) is 3.87. The average molecular weight is 998 g/mol. The van der Waals surface area contributed by atoms with E-state index in [-0.39, 0.29) is 53.9 Å². The maximum absolute atomic E-state index is 15.5. The van der Waals surface area contributed by atoms with Gasteiger partial charge in [-0.1, -0.05) is 26.8 Å². The highest BCUT2D eigenvalue weighted by molar-refractivity contribution is 7.10. The molecule has 5 aliphatic heterocycles. The molecule has 6 bridgehead atoms. The molecule has 6 fully saturated rings. The number of methoxy groups -OCH3 is 1. The van der Waals surface area contributed by atoms with E-state index in [0.717, 1.165) is 69.4 Å². The van der Waals surface area contributed by atoms with Gasteiger partial charge >= 0.3 is 5.97 Å². The van der Waals surface area contributed by atoms with Crippen LogP contribution in [0.2, 0.25) is 0 Å². The summed E-state index contributed by atoms with van der Waals surface area (Å²) >= 11 is 1.52. The van der Waals surface area contributed by atoms with Crippen LogP contribution >= 0.6 is 11.3 Å². The fourth-order valence-electron chi connectivity index (χ4n) is 12.5. The Hall–Kier alpha value is -5.21. The van der Waals surface area contributed by atoms with E-state index < -0.39 is 29.5 Å². The molecule has 1 aromatic carbocycles. The first-order chi connectivity index (χ1) is 34.8. The number of nitrogens with one attached hydrogen (secondary N) is 2. The van der Waals surface area contributed by atoms with Crippen LogP contribution in [0.25, 0.3) is 33.4 Å². The van der Waals surface area contributed by atoms with Crippen molar-refractivity contribution < 1.29 is 28.6 Å². The lowest BCUT2D eigenvalue weighted by atomic mass is 9.84. The minimum absolute atomic E-state index is 0.0145. The van der Waals surface area contributed by atoms with Crippen LogP contribution in [0.5, 0.6) is 0 Å². The molecule has 2 aliphatic carbocycles. The van der Waals surface area contributed by atoms with E-state index in [0.29, 0.717) is 58.2 Å². The van der Waals surface area contributed by atoms with Crippen molar-refractivity contribution in [3.8, 4) is 22.5 Å². The lowest BCUT2D eigenvalue weighted by Crippen LogP contribution is -2.75. The zero-order chi connectivity index (χ0) is 49.6. The number of carbonyl (C=O) groups is 3. The summed E-state index contributed by atoms with van der Waals surface area (Å²) in [6.45, 7) is 14.2. The number of amides is 2. The van der Waals surface area contributed by atoms with Gasteiger partial charge in [0.2, 0.25) is 5.91 Å². The number of pyridine rings is 1. The number of hydrogen-bond donors (Lipinski definition) is 2. The van der Waals surface area contributed by atoms with Crippen LogP contribution in [-0.4, -0.2) is 159 Å². The zero-order valence-electron chi connectivity index (χ0n) is 42.3. The van der Waals surface area contributed by atoms with E-state index in [1.165, 1.54) is 36.1 Å². The molecule has 4 saturated heterocycles. The molecular weight excluding hydrogens is 931 g/mol. The number of rotatable bonds is 9. The van der Waals surface area contributed by atoms with Crippen molar-refractivity contribution in [2.24, 2.45) is 17.3 Å². The third kappa shape index (κ3) is 8.53.